The Hall–Kier alpha value is -1.16. The van der Waals surface area contributed by atoms with Gasteiger partial charge in [0.1, 0.15) is 17.4 Å². The fourth-order valence-electron chi connectivity index (χ4n) is 3.22. The van der Waals surface area contributed by atoms with E-state index in [9.17, 15) is 13.9 Å². The molecule has 2 saturated carbocycles. The van der Waals surface area contributed by atoms with Crippen LogP contribution in [0.4, 0.5) is 8.78 Å². The minimum atomic E-state index is -1.04. The van der Waals surface area contributed by atoms with Crippen molar-refractivity contribution in [2.45, 2.75) is 25.4 Å². The number of benzene rings is 1. The van der Waals surface area contributed by atoms with Crippen LogP contribution in [0.2, 0.25) is 0 Å². The second-order valence-electron chi connectivity index (χ2n) is 5.44. The summed E-state index contributed by atoms with van der Waals surface area (Å²) in [7, 11) is 1.36. The molecule has 98 valence electrons. The van der Waals surface area contributed by atoms with Gasteiger partial charge in [-0.1, -0.05) is 0 Å². The Morgan fingerprint density at radius 1 is 1.17 bits per heavy atom. The number of rotatable bonds is 3. The van der Waals surface area contributed by atoms with Gasteiger partial charge >= 0.3 is 0 Å². The molecule has 2 aliphatic rings. The zero-order valence-corrected chi connectivity index (χ0v) is 10.2. The quantitative estimate of drug-likeness (QED) is 0.898. The van der Waals surface area contributed by atoms with Gasteiger partial charge in [-0.25, -0.2) is 8.78 Å². The van der Waals surface area contributed by atoms with Gasteiger partial charge in [0.25, 0.3) is 0 Å². The highest BCUT2D eigenvalue weighted by Crippen LogP contribution is 2.57. The predicted molar refractivity (Wildman–Crippen MR) is 62.2 cm³/mol. The number of aliphatic hydroxyl groups excluding tert-OH is 1. The van der Waals surface area contributed by atoms with Crippen LogP contribution in [0.5, 0.6) is 5.75 Å². The maximum absolute atomic E-state index is 13.8. The number of hydrogen-bond donors (Lipinski definition) is 1. The molecule has 4 heteroatoms. The smallest absolute Gasteiger partial charge is 0.135 e. The Bertz CT molecular complexity index is 442. The van der Waals surface area contributed by atoms with E-state index in [0.29, 0.717) is 11.8 Å². The molecule has 3 atom stereocenters. The third-order valence-electron chi connectivity index (χ3n) is 4.31. The van der Waals surface area contributed by atoms with Crippen molar-refractivity contribution in [3.05, 3.63) is 29.3 Å². The largest absolute Gasteiger partial charge is 0.497 e. The van der Waals surface area contributed by atoms with Crippen LogP contribution in [0, 0.1) is 29.4 Å². The molecular formula is C14H16F2O2. The Balaban J connectivity index is 1.86. The highest BCUT2D eigenvalue weighted by molar-refractivity contribution is 5.32. The van der Waals surface area contributed by atoms with Gasteiger partial charge < -0.3 is 9.84 Å². The summed E-state index contributed by atoms with van der Waals surface area (Å²) >= 11 is 0. The number of ether oxygens (including phenoxy) is 1. The lowest BCUT2D eigenvalue weighted by Gasteiger charge is -2.21. The Labute approximate surface area is 105 Å². The van der Waals surface area contributed by atoms with Crippen LogP contribution in [0.15, 0.2) is 12.1 Å². The molecule has 18 heavy (non-hydrogen) atoms. The Morgan fingerprint density at radius 3 is 2.22 bits per heavy atom. The Kier molecular flexibility index (Phi) is 2.77. The SMILES string of the molecule is COc1cc(F)c(C(O)C2CC3CC3C2)c(F)c1. The van der Waals surface area contributed by atoms with E-state index in [4.69, 9.17) is 4.74 Å². The number of halogens is 2. The highest BCUT2D eigenvalue weighted by Gasteiger charge is 2.48. The van der Waals surface area contributed by atoms with E-state index in [2.05, 4.69) is 0 Å². The molecular weight excluding hydrogens is 238 g/mol. The fraction of sp³-hybridized carbons (Fsp3) is 0.571. The van der Waals surface area contributed by atoms with E-state index in [1.165, 1.54) is 13.5 Å². The van der Waals surface area contributed by atoms with Crippen molar-refractivity contribution < 1.29 is 18.6 Å². The van der Waals surface area contributed by atoms with E-state index < -0.39 is 17.7 Å². The minimum absolute atomic E-state index is 0.00820. The van der Waals surface area contributed by atoms with Crippen LogP contribution in [-0.4, -0.2) is 12.2 Å². The van der Waals surface area contributed by atoms with Gasteiger partial charge in [0.05, 0.1) is 18.8 Å². The molecule has 1 aromatic carbocycles. The van der Waals surface area contributed by atoms with E-state index in [-0.39, 0.29) is 17.2 Å². The molecule has 0 amide bonds. The topological polar surface area (TPSA) is 29.5 Å². The third-order valence-corrected chi connectivity index (χ3v) is 4.31. The summed E-state index contributed by atoms with van der Waals surface area (Å²) in [5.74, 6) is 0.0317. The fourth-order valence-corrected chi connectivity index (χ4v) is 3.22. The summed E-state index contributed by atoms with van der Waals surface area (Å²) in [4.78, 5) is 0. The van der Waals surface area contributed by atoms with Crippen molar-refractivity contribution in [3.8, 4) is 5.75 Å². The van der Waals surface area contributed by atoms with Crippen molar-refractivity contribution in [3.63, 3.8) is 0 Å². The van der Waals surface area contributed by atoms with Crippen LogP contribution >= 0.6 is 0 Å². The van der Waals surface area contributed by atoms with Crippen molar-refractivity contribution >= 4 is 0 Å². The molecule has 2 nitrogen and oxygen atoms in total. The molecule has 2 fully saturated rings. The second-order valence-corrected chi connectivity index (χ2v) is 5.44. The first-order valence-electron chi connectivity index (χ1n) is 6.31. The van der Waals surface area contributed by atoms with Crippen molar-refractivity contribution in [2.24, 2.45) is 17.8 Å². The Morgan fingerprint density at radius 2 is 1.72 bits per heavy atom. The molecule has 0 heterocycles. The number of fused-ring (bicyclic) bond motifs is 1. The van der Waals surface area contributed by atoms with Crippen molar-refractivity contribution in [1.82, 2.24) is 0 Å². The lowest BCUT2D eigenvalue weighted by atomic mass is 9.91. The second kappa shape index (κ2) is 4.19. The van der Waals surface area contributed by atoms with Gasteiger partial charge in [0.15, 0.2) is 0 Å². The highest BCUT2D eigenvalue weighted by atomic mass is 19.1. The molecule has 1 aromatic rings. The standard InChI is InChI=1S/C14H16F2O2/c1-18-10-5-11(15)13(12(16)6-10)14(17)9-3-7-2-8(7)4-9/h5-9,14,17H,2-4H2,1H3. The van der Waals surface area contributed by atoms with Crippen LogP contribution in [0.1, 0.15) is 30.9 Å². The minimum Gasteiger partial charge on any atom is -0.497 e. The van der Waals surface area contributed by atoms with Gasteiger partial charge in [-0.3, -0.25) is 0 Å². The van der Waals surface area contributed by atoms with E-state index >= 15 is 0 Å². The van der Waals surface area contributed by atoms with Gasteiger partial charge in [-0.15, -0.1) is 0 Å². The molecule has 0 radical (unpaired) electrons. The summed E-state index contributed by atoms with van der Waals surface area (Å²) in [5.41, 5.74) is -0.206. The summed E-state index contributed by atoms with van der Waals surface area (Å²) in [5, 5.41) is 10.2. The molecule has 0 spiro atoms. The van der Waals surface area contributed by atoms with E-state index in [1.54, 1.807) is 0 Å². The van der Waals surface area contributed by atoms with Gasteiger partial charge in [0, 0.05) is 12.1 Å². The molecule has 2 aliphatic carbocycles. The first-order chi connectivity index (χ1) is 8.60. The number of aliphatic hydroxyl groups is 1. The zero-order valence-electron chi connectivity index (χ0n) is 10.2. The lowest BCUT2D eigenvalue weighted by molar-refractivity contribution is 0.0966. The van der Waals surface area contributed by atoms with Crippen LogP contribution in [0.25, 0.3) is 0 Å². The first kappa shape index (κ1) is 11.9. The first-order valence-corrected chi connectivity index (χ1v) is 6.31. The average Bonchev–Trinajstić information content (AvgIpc) is 2.95. The van der Waals surface area contributed by atoms with E-state index in [0.717, 1.165) is 25.0 Å². The maximum atomic E-state index is 13.8. The predicted octanol–water partition coefficient (Wildman–Crippen LogP) is 3.05. The van der Waals surface area contributed by atoms with Crippen LogP contribution < -0.4 is 4.74 Å². The third kappa shape index (κ3) is 1.88. The van der Waals surface area contributed by atoms with Crippen LogP contribution in [-0.2, 0) is 0 Å². The molecule has 3 unspecified atom stereocenters. The lowest BCUT2D eigenvalue weighted by Crippen LogP contribution is -2.14. The zero-order chi connectivity index (χ0) is 12.9. The molecule has 0 aliphatic heterocycles. The summed E-state index contributed by atoms with van der Waals surface area (Å²) in [6.07, 6.45) is 1.95. The van der Waals surface area contributed by atoms with Gasteiger partial charge in [-0.05, 0) is 37.0 Å². The van der Waals surface area contributed by atoms with Gasteiger partial charge in [-0.2, -0.15) is 0 Å². The van der Waals surface area contributed by atoms with E-state index in [1.807, 2.05) is 0 Å². The van der Waals surface area contributed by atoms with Crippen molar-refractivity contribution in [1.29, 1.82) is 0 Å². The van der Waals surface area contributed by atoms with Crippen LogP contribution in [0.3, 0.4) is 0 Å². The monoisotopic (exact) mass is 254 g/mol. The molecule has 0 aromatic heterocycles. The summed E-state index contributed by atoms with van der Waals surface area (Å²) < 4.78 is 32.5. The summed E-state index contributed by atoms with van der Waals surface area (Å²) in [6.45, 7) is 0. The summed E-state index contributed by atoms with van der Waals surface area (Å²) in [6, 6.07) is 2.24. The van der Waals surface area contributed by atoms with Gasteiger partial charge in [0.2, 0.25) is 0 Å². The van der Waals surface area contributed by atoms with Crippen molar-refractivity contribution in [2.75, 3.05) is 7.11 Å². The molecule has 1 N–H and O–H groups in total. The molecule has 0 bridgehead atoms. The number of hydrogen-bond acceptors (Lipinski definition) is 2. The molecule has 3 rings (SSSR count). The number of methoxy groups -OCH3 is 1. The molecule has 0 saturated heterocycles. The maximum Gasteiger partial charge on any atom is 0.135 e. The normalized spacial score (nSPS) is 31.0. The average molecular weight is 254 g/mol.